The first-order valence-corrected chi connectivity index (χ1v) is 6.93. The Kier molecular flexibility index (Phi) is 3.83. The van der Waals surface area contributed by atoms with E-state index in [1.807, 2.05) is 37.3 Å². The number of aryl methyl sites for hydroxylation is 1. The van der Waals surface area contributed by atoms with E-state index in [1.54, 1.807) is 12.3 Å². The summed E-state index contributed by atoms with van der Waals surface area (Å²) in [6.07, 6.45) is 1.71. The maximum Gasteiger partial charge on any atom is 0.246 e. The Balaban J connectivity index is 1.86. The zero-order valence-corrected chi connectivity index (χ0v) is 11.8. The number of amides is 1. The van der Waals surface area contributed by atoms with Gasteiger partial charge in [-0.25, -0.2) is 0 Å². The van der Waals surface area contributed by atoms with Gasteiger partial charge in [-0.1, -0.05) is 18.2 Å². The Bertz CT molecular complexity index is 657. The number of hydrogen-bond acceptors (Lipinski definition) is 4. The SMILES string of the molecule is Cc1ncccc1NC(=O)C1NCCOc2ccccc21. The summed E-state index contributed by atoms with van der Waals surface area (Å²) >= 11 is 0. The molecule has 0 saturated carbocycles. The van der Waals surface area contributed by atoms with E-state index in [-0.39, 0.29) is 5.91 Å². The van der Waals surface area contributed by atoms with Gasteiger partial charge in [0, 0.05) is 18.3 Å². The van der Waals surface area contributed by atoms with E-state index in [0.717, 1.165) is 22.7 Å². The Morgan fingerprint density at radius 3 is 3.05 bits per heavy atom. The molecule has 2 aromatic rings. The third-order valence-electron chi connectivity index (χ3n) is 3.47. The van der Waals surface area contributed by atoms with E-state index in [9.17, 15) is 4.79 Å². The molecule has 0 radical (unpaired) electrons. The number of anilines is 1. The Labute approximate surface area is 123 Å². The number of para-hydroxylation sites is 1. The number of ether oxygens (including phenoxy) is 1. The fraction of sp³-hybridized carbons (Fsp3) is 0.250. The Morgan fingerprint density at radius 2 is 2.19 bits per heavy atom. The van der Waals surface area contributed by atoms with Crippen LogP contribution < -0.4 is 15.4 Å². The van der Waals surface area contributed by atoms with Crippen molar-refractivity contribution in [1.82, 2.24) is 10.3 Å². The Morgan fingerprint density at radius 1 is 1.33 bits per heavy atom. The van der Waals surface area contributed by atoms with Gasteiger partial charge in [0.15, 0.2) is 0 Å². The van der Waals surface area contributed by atoms with Crippen LogP contribution in [0.3, 0.4) is 0 Å². The van der Waals surface area contributed by atoms with Gasteiger partial charge in [0.1, 0.15) is 18.4 Å². The molecule has 108 valence electrons. The fourth-order valence-corrected chi connectivity index (χ4v) is 2.38. The molecular weight excluding hydrogens is 266 g/mol. The lowest BCUT2D eigenvalue weighted by atomic mass is 10.0. The number of rotatable bonds is 2. The van der Waals surface area contributed by atoms with Crippen molar-refractivity contribution in [2.75, 3.05) is 18.5 Å². The number of nitrogens with one attached hydrogen (secondary N) is 2. The van der Waals surface area contributed by atoms with Crippen LogP contribution in [0.15, 0.2) is 42.6 Å². The van der Waals surface area contributed by atoms with Crippen LogP contribution in [-0.4, -0.2) is 24.0 Å². The molecule has 1 atom stereocenters. The summed E-state index contributed by atoms with van der Waals surface area (Å²) in [6, 6.07) is 10.8. The van der Waals surface area contributed by atoms with Crippen LogP contribution in [0.5, 0.6) is 5.75 Å². The molecule has 2 heterocycles. The van der Waals surface area contributed by atoms with Crippen LogP contribution in [0.1, 0.15) is 17.3 Å². The average Bonchev–Trinajstić information content (AvgIpc) is 2.72. The summed E-state index contributed by atoms with van der Waals surface area (Å²) in [4.78, 5) is 16.8. The first-order chi connectivity index (χ1) is 10.3. The van der Waals surface area contributed by atoms with Crippen molar-refractivity contribution < 1.29 is 9.53 Å². The lowest BCUT2D eigenvalue weighted by Gasteiger charge is -2.17. The largest absolute Gasteiger partial charge is 0.492 e. The van der Waals surface area contributed by atoms with Gasteiger partial charge in [-0.05, 0) is 25.1 Å². The number of carbonyl (C=O) groups is 1. The van der Waals surface area contributed by atoms with Crippen molar-refractivity contribution in [3.8, 4) is 5.75 Å². The van der Waals surface area contributed by atoms with Crippen molar-refractivity contribution >= 4 is 11.6 Å². The van der Waals surface area contributed by atoms with E-state index in [1.165, 1.54) is 0 Å². The summed E-state index contributed by atoms with van der Waals surface area (Å²) < 4.78 is 5.65. The van der Waals surface area contributed by atoms with Crippen LogP contribution >= 0.6 is 0 Å². The second kappa shape index (κ2) is 5.93. The molecule has 0 aliphatic carbocycles. The molecule has 2 N–H and O–H groups in total. The van der Waals surface area contributed by atoms with Gasteiger partial charge in [0.2, 0.25) is 5.91 Å². The molecule has 1 aromatic heterocycles. The number of fused-ring (bicyclic) bond motifs is 1. The third-order valence-corrected chi connectivity index (χ3v) is 3.47. The third kappa shape index (κ3) is 2.87. The van der Waals surface area contributed by atoms with Gasteiger partial charge in [-0.15, -0.1) is 0 Å². The maximum absolute atomic E-state index is 12.6. The molecule has 3 rings (SSSR count). The van der Waals surface area contributed by atoms with Crippen molar-refractivity contribution in [2.24, 2.45) is 0 Å². The summed E-state index contributed by atoms with van der Waals surface area (Å²) in [7, 11) is 0. The predicted molar refractivity (Wildman–Crippen MR) is 80.3 cm³/mol. The van der Waals surface area contributed by atoms with Crippen molar-refractivity contribution in [3.05, 3.63) is 53.9 Å². The average molecular weight is 283 g/mol. The van der Waals surface area contributed by atoms with E-state index in [4.69, 9.17) is 4.74 Å². The van der Waals surface area contributed by atoms with Crippen molar-refractivity contribution in [1.29, 1.82) is 0 Å². The molecule has 1 amide bonds. The van der Waals surface area contributed by atoms with Crippen LogP contribution in [0, 0.1) is 6.92 Å². The van der Waals surface area contributed by atoms with Gasteiger partial charge < -0.3 is 10.1 Å². The van der Waals surface area contributed by atoms with E-state index in [0.29, 0.717) is 13.2 Å². The highest BCUT2D eigenvalue weighted by Gasteiger charge is 2.25. The first-order valence-electron chi connectivity index (χ1n) is 6.93. The van der Waals surface area contributed by atoms with Crippen LogP contribution in [-0.2, 0) is 4.79 Å². The molecule has 5 nitrogen and oxygen atoms in total. The van der Waals surface area contributed by atoms with Crippen LogP contribution in [0.25, 0.3) is 0 Å². The summed E-state index contributed by atoms with van der Waals surface area (Å²) in [5.41, 5.74) is 2.38. The number of hydrogen-bond donors (Lipinski definition) is 2. The number of nitrogens with zero attached hydrogens (tertiary/aromatic N) is 1. The summed E-state index contributed by atoms with van der Waals surface area (Å²) in [6.45, 7) is 3.04. The normalized spacial score (nSPS) is 17.3. The molecular formula is C16H17N3O2. The highest BCUT2D eigenvalue weighted by atomic mass is 16.5. The van der Waals surface area contributed by atoms with Crippen molar-refractivity contribution in [2.45, 2.75) is 13.0 Å². The summed E-state index contributed by atoms with van der Waals surface area (Å²) in [5, 5.41) is 6.15. The van der Waals surface area contributed by atoms with Crippen LogP contribution in [0.2, 0.25) is 0 Å². The second-order valence-corrected chi connectivity index (χ2v) is 4.90. The van der Waals surface area contributed by atoms with E-state index in [2.05, 4.69) is 15.6 Å². The van der Waals surface area contributed by atoms with Gasteiger partial charge >= 0.3 is 0 Å². The first kappa shape index (κ1) is 13.6. The highest BCUT2D eigenvalue weighted by molar-refractivity contribution is 5.96. The predicted octanol–water partition coefficient (Wildman–Crippen LogP) is 2.05. The molecule has 1 aliphatic rings. The smallest absolute Gasteiger partial charge is 0.246 e. The summed E-state index contributed by atoms with van der Waals surface area (Å²) in [5.74, 6) is 0.648. The molecule has 0 spiro atoms. The Hall–Kier alpha value is -2.40. The minimum atomic E-state index is -0.427. The van der Waals surface area contributed by atoms with E-state index >= 15 is 0 Å². The molecule has 0 bridgehead atoms. The lowest BCUT2D eigenvalue weighted by molar-refractivity contribution is -0.118. The van der Waals surface area contributed by atoms with Gasteiger partial charge in [0.25, 0.3) is 0 Å². The molecule has 5 heteroatoms. The molecule has 21 heavy (non-hydrogen) atoms. The van der Waals surface area contributed by atoms with Gasteiger partial charge in [-0.2, -0.15) is 0 Å². The minimum absolute atomic E-state index is 0.107. The van der Waals surface area contributed by atoms with Gasteiger partial charge in [-0.3, -0.25) is 15.1 Å². The standard InChI is InChI=1S/C16H17N3O2/c1-11-13(6-4-8-17-11)19-16(20)15-12-5-2-3-7-14(12)21-10-9-18-15/h2-8,15,18H,9-10H2,1H3,(H,19,20). The molecule has 1 aromatic carbocycles. The topological polar surface area (TPSA) is 63.2 Å². The van der Waals surface area contributed by atoms with Crippen molar-refractivity contribution in [3.63, 3.8) is 0 Å². The molecule has 1 aliphatic heterocycles. The zero-order valence-electron chi connectivity index (χ0n) is 11.8. The quantitative estimate of drug-likeness (QED) is 0.885. The zero-order chi connectivity index (χ0) is 14.7. The van der Waals surface area contributed by atoms with E-state index < -0.39 is 6.04 Å². The molecule has 0 fully saturated rings. The number of aromatic nitrogens is 1. The number of pyridine rings is 1. The minimum Gasteiger partial charge on any atom is -0.492 e. The van der Waals surface area contributed by atoms with Gasteiger partial charge in [0.05, 0.1) is 11.4 Å². The lowest BCUT2D eigenvalue weighted by Crippen LogP contribution is -2.33. The highest BCUT2D eigenvalue weighted by Crippen LogP contribution is 2.28. The fourth-order valence-electron chi connectivity index (χ4n) is 2.38. The second-order valence-electron chi connectivity index (χ2n) is 4.90. The molecule has 1 unspecified atom stereocenters. The number of carbonyl (C=O) groups excluding carboxylic acids is 1. The van der Waals surface area contributed by atoms with Crippen LogP contribution in [0.4, 0.5) is 5.69 Å². The molecule has 0 saturated heterocycles. The number of benzene rings is 1. The maximum atomic E-state index is 12.6. The monoisotopic (exact) mass is 283 g/mol.